The number of benzene rings is 1. The molecule has 0 spiro atoms. The SMILES string of the molecule is OC(CNCc1cncs1)COc1ccc(Br)cc1. The Morgan fingerprint density at radius 1 is 1.37 bits per heavy atom. The van der Waals surface area contributed by atoms with Gasteiger partial charge < -0.3 is 15.2 Å². The molecule has 2 rings (SSSR count). The van der Waals surface area contributed by atoms with Crippen molar-refractivity contribution in [2.75, 3.05) is 13.2 Å². The molecule has 102 valence electrons. The summed E-state index contributed by atoms with van der Waals surface area (Å²) >= 11 is 4.95. The summed E-state index contributed by atoms with van der Waals surface area (Å²) in [5.74, 6) is 0.754. The third-order valence-corrected chi connectivity index (χ3v) is 3.73. The molecule has 2 N–H and O–H groups in total. The quantitative estimate of drug-likeness (QED) is 0.811. The maximum Gasteiger partial charge on any atom is 0.119 e. The third kappa shape index (κ3) is 5.28. The molecule has 2 aromatic rings. The van der Waals surface area contributed by atoms with E-state index in [1.54, 1.807) is 16.8 Å². The highest BCUT2D eigenvalue weighted by molar-refractivity contribution is 9.10. The van der Waals surface area contributed by atoms with Crippen LogP contribution in [0.2, 0.25) is 0 Å². The molecule has 6 heteroatoms. The number of nitrogens with zero attached hydrogens (tertiary/aromatic N) is 1. The first-order valence-electron chi connectivity index (χ1n) is 5.88. The number of rotatable bonds is 7. The van der Waals surface area contributed by atoms with Crippen LogP contribution in [0.3, 0.4) is 0 Å². The summed E-state index contributed by atoms with van der Waals surface area (Å²) in [6, 6.07) is 7.54. The molecule has 0 saturated carbocycles. The van der Waals surface area contributed by atoms with Crippen LogP contribution in [0.4, 0.5) is 0 Å². The summed E-state index contributed by atoms with van der Waals surface area (Å²) in [6.07, 6.45) is 1.29. The number of hydrogen-bond donors (Lipinski definition) is 2. The summed E-state index contributed by atoms with van der Waals surface area (Å²) in [5, 5.41) is 13.0. The molecule has 1 aromatic heterocycles. The van der Waals surface area contributed by atoms with Gasteiger partial charge in [0.05, 0.1) is 5.51 Å². The van der Waals surface area contributed by atoms with Crippen molar-refractivity contribution in [3.05, 3.63) is 45.3 Å². The zero-order valence-corrected chi connectivity index (χ0v) is 12.7. The average molecular weight is 343 g/mol. The summed E-state index contributed by atoms with van der Waals surface area (Å²) in [7, 11) is 0. The number of halogens is 1. The van der Waals surface area contributed by atoms with E-state index in [0.717, 1.165) is 21.6 Å². The second-order valence-corrected chi connectivity index (χ2v) is 5.90. The lowest BCUT2D eigenvalue weighted by atomic mass is 10.3. The minimum Gasteiger partial charge on any atom is -0.491 e. The molecule has 0 bridgehead atoms. The van der Waals surface area contributed by atoms with E-state index in [9.17, 15) is 5.11 Å². The summed E-state index contributed by atoms with van der Waals surface area (Å²) < 4.78 is 6.50. The van der Waals surface area contributed by atoms with Gasteiger partial charge in [-0.3, -0.25) is 4.98 Å². The molecule has 19 heavy (non-hydrogen) atoms. The molecule has 4 nitrogen and oxygen atoms in total. The van der Waals surface area contributed by atoms with Gasteiger partial charge in [-0.25, -0.2) is 0 Å². The molecule has 0 aliphatic carbocycles. The standard InChI is InChI=1S/C13H15BrN2O2S/c14-10-1-3-12(4-2-10)18-8-11(17)5-15-6-13-7-16-9-19-13/h1-4,7,9,11,15,17H,5-6,8H2. The molecule has 0 amide bonds. The van der Waals surface area contributed by atoms with Gasteiger partial charge in [-0.05, 0) is 24.3 Å². The smallest absolute Gasteiger partial charge is 0.119 e. The van der Waals surface area contributed by atoms with Crippen molar-refractivity contribution in [1.82, 2.24) is 10.3 Å². The fraction of sp³-hybridized carbons (Fsp3) is 0.308. The molecule has 0 saturated heterocycles. The number of aliphatic hydroxyl groups excluding tert-OH is 1. The van der Waals surface area contributed by atoms with Crippen molar-refractivity contribution in [3.8, 4) is 5.75 Å². The number of aliphatic hydroxyl groups is 1. The largest absolute Gasteiger partial charge is 0.491 e. The maximum absolute atomic E-state index is 9.78. The van der Waals surface area contributed by atoms with E-state index in [1.807, 2.05) is 30.5 Å². The van der Waals surface area contributed by atoms with E-state index < -0.39 is 6.10 Å². The zero-order valence-electron chi connectivity index (χ0n) is 10.3. The molecular formula is C13H15BrN2O2S. The summed E-state index contributed by atoms with van der Waals surface area (Å²) in [6.45, 7) is 1.49. The van der Waals surface area contributed by atoms with Crippen molar-refractivity contribution in [3.63, 3.8) is 0 Å². The van der Waals surface area contributed by atoms with Gasteiger partial charge in [0.15, 0.2) is 0 Å². The number of nitrogens with one attached hydrogen (secondary N) is 1. The normalized spacial score (nSPS) is 12.3. The van der Waals surface area contributed by atoms with Crippen molar-refractivity contribution < 1.29 is 9.84 Å². The highest BCUT2D eigenvalue weighted by atomic mass is 79.9. The molecule has 1 aromatic carbocycles. The third-order valence-electron chi connectivity index (χ3n) is 2.42. The van der Waals surface area contributed by atoms with E-state index in [-0.39, 0.29) is 6.61 Å². The molecule has 1 unspecified atom stereocenters. The highest BCUT2D eigenvalue weighted by Crippen LogP contribution is 2.16. The molecule has 0 aliphatic heterocycles. The first-order valence-corrected chi connectivity index (χ1v) is 7.56. The van der Waals surface area contributed by atoms with Crippen molar-refractivity contribution >= 4 is 27.3 Å². The Balaban J connectivity index is 1.64. The molecule has 0 radical (unpaired) electrons. The van der Waals surface area contributed by atoms with Gasteiger partial charge in [-0.2, -0.15) is 0 Å². The van der Waals surface area contributed by atoms with Gasteiger partial charge in [0, 0.05) is 28.6 Å². The van der Waals surface area contributed by atoms with Crippen molar-refractivity contribution in [2.24, 2.45) is 0 Å². The van der Waals surface area contributed by atoms with Crippen LogP contribution in [-0.2, 0) is 6.54 Å². The number of ether oxygens (including phenoxy) is 1. The zero-order chi connectivity index (χ0) is 13.5. The van der Waals surface area contributed by atoms with E-state index in [2.05, 4.69) is 26.2 Å². The summed E-state index contributed by atoms with van der Waals surface area (Å²) in [5.41, 5.74) is 1.80. The van der Waals surface area contributed by atoms with Crippen LogP contribution in [0, 0.1) is 0 Å². The molecule has 0 fully saturated rings. The Morgan fingerprint density at radius 3 is 2.84 bits per heavy atom. The lowest BCUT2D eigenvalue weighted by molar-refractivity contribution is 0.106. The van der Waals surface area contributed by atoms with Gasteiger partial charge in [0.25, 0.3) is 0 Å². The molecular weight excluding hydrogens is 328 g/mol. The molecule has 0 aliphatic rings. The average Bonchev–Trinajstić information content (AvgIpc) is 2.91. The van der Waals surface area contributed by atoms with E-state index >= 15 is 0 Å². The minimum atomic E-state index is -0.531. The Morgan fingerprint density at radius 2 is 2.16 bits per heavy atom. The maximum atomic E-state index is 9.78. The fourth-order valence-electron chi connectivity index (χ4n) is 1.47. The van der Waals surface area contributed by atoms with E-state index in [4.69, 9.17) is 4.74 Å². The van der Waals surface area contributed by atoms with Gasteiger partial charge in [0.1, 0.15) is 18.5 Å². The predicted octanol–water partition coefficient (Wildman–Crippen LogP) is 2.44. The molecule has 1 heterocycles. The van der Waals surface area contributed by atoms with E-state index in [1.165, 1.54) is 0 Å². The lowest BCUT2D eigenvalue weighted by Gasteiger charge is -2.12. The number of aromatic nitrogens is 1. The van der Waals surface area contributed by atoms with Gasteiger partial charge in [0.2, 0.25) is 0 Å². The first kappa shape index (κ1) is 14.5. The Kier molecular flexibility index (Phi) is 5.78. The first-order chi connectivity index (χ1) is 9.24. The van der Waals surface area contributed by atoms with Gasteiger partial charge in [-0.15, -0.1) is 11.3 Å². The van der Waals surface area contributed by atoms with Crippen LogP contribution in [0.1, 0.15) is 4.88 Å². The number of hydrogen-bond acceptors (Lipinski definition) is 5. The second-order valence-electron chi connectivity index (χ2n) is 4.02. The Hall–Kier alpha value is -0.950. The van der Waals surface area contributed by atoms with Crippen LogP contribution in [0.5, 0.6) is 5.75 Å². The highest BCUT2D eigenvalue weighted by Gasteiger charge is 2.05. The monoisotopic (exact) mass is 342 g/mol. The fourth-order valence-corrected chi connectivity index (χ4v) is 2.30. The van der Waals surface area contributed by atoms with Crippen molar-refractivity contribution in [1.29, 1.82) is 0 Å². The Labute approximate surface area is 124 Å². The van der Waals surface area contributed by atoms with E-state index in [0.29, 0.717) is 6.54 Å². The van der Waals surface area contributed by atoms with Crippen LogP contribution < -0.4 is 10.1 Å². The number of thiazole rings is 1. The van der Waals surface area contributed by atoms with Gasteiger partial charge in [-0.1, -0.05) is 15.9 Å². The molecule has 1 atom stereocenters. The van der Waals surface area contributed by atoms with Crippen LogP contribution in [0.15, 0.2) is 40.4 Å². The second kappa shape index (κ2) is 7.59. The van der Waals surface area contributed by atoms with Crippen LogP contribution >= 0.6 is 27.3 Å². The minimum absolute atomic E-state index is 0.275. The lowest BCUT2D eigenvalue weighted by Crippen LogP contribution is -2.30. The predicted molar refractivity (Wildman–Crippen MR) is 79.5 cm³/mol. The topological polar surface area (TPSA) is 54.4 Å². The van der Waals surface area contributed by atoms with Crippen LogP contribution in [0.25, 0.3) is 0 Å². The Bertz CT molecular complexity index is 476. The van der Waals surface area contributed by atoms with Crippen molar-refractivity contribution in [2.45, 2.75) is 12.6 Å². The summed E-state index contributed by atoms with van der Waals surface area (Å²) in [4.78, 5) is 5.14. The van der Waals surface area contributed by atoms with Crippen LogP contribution in [-0.4, -0.2) is 29.3 Å². The van der Waals surface area contributed by atoms with Gasteiger partial charge >= 0.3 is 0 Å².